The minimum Gasteiger partial charge on any atom is -0.444 e. The molecule has 2 amide bonds. The molecule has 0 radical (unpaired) electrons. The van der Waals surface area contributed by atoms with Crippen LogP contribution in [0.1, 0.15) is 23.3 Å². The number of aryl methyl sites for hydroxylation is 1. The second-order valence-electron chi connectivity index (χ2n) is 7.37. The van der Waals surface area contributed by atoms with E-state index < -0.39 is 6.09 Å². The lowest BCUT2D eigenvalue weighted by atomic mass is 10.0. The maximum absolute atomic E-state index is 12.5. The van der Waals surface area contributed by atoms with E-state index in [1.165, 1.54) is 20.2 Å². The number of ether oxygens (including phenoxy) is 1. The monoisotopic (exact) mass is 420 g/mol. The van der Waals surface area contributed by atoms with Gasteiger partial charge in [0.25, 0.3) is 0 Å². The van der Waals surface area contributed by atoms with E-state index in [0.717, 1.165) is 11.3 Å². The third-order valence-corrected chi connectivity index (χ3v) is 6.28. The summed E-state index contributed by atoms with van der Waals surface area (Å²) in [7, 11) is 0. The summed E-state index contributed by atoms with van der Waals surface area (Å²) >= 11 is 1.73. The lowest BCUT2D eigenvalue weighted by Crippen LogP contribution is -2.46. The van der Waals surface area contributed by atoms with Crippen molar-refractivity contribution in [3.8, 4) is 10.4 Å². The Morgan fingerprint density at radius 2 is 1.83 bits per heavy atom. The first-order valence-electron chi connectivity index (χ1n) is 10.0. The van der Waals surface area contributed by atoms with Crippen molar-refractivity contribution >= 4 is 29.0 Å². The number of nitrogens with zero attached hydrogens (tertiary/aromatic N) is 1. The topological polar surface area (TPSA) is 58.6 Å². The molecule has 0 bridgehead atoms. The van der Waals surface area contributed by atoms with Gasteiger partial charge >= 0.3 is 6.09 Å². The zero-order valence-electron chi connectivity index (χ0n) is 16.8. The highest BCUT2D eigenvalue weighted by Crippen LogP contribution is 2.35. The fourth-order valence-electron chi connectivity index (χ4n) is 3.54. The second kappa shape index (κ2) is 9.13. The van der Waals surface area contributed by atoms with Gasteiger partial charge in [0.05, 0.1) is 0 Å². The van der Waals surface area contributed by atoms with Crippen molar-refractivity contribution in [1.82, 2.24) is 4.90 Å². The van der Waals surface area contributed by atoms with Crippen molar-refractivity contribution < 1.29 is 14.3 Å². The van der Waals surface area contributed by atoms with E-state index >= 15 is 0 Å². The highest BCUT2D eigenvalue weighted by Gasteiger charge is 2.31. The third-order valence-electron chi connectivity index (χ3n) is 5.18. The van der Waals surface area contributed by atoms with E-state index in [4.69, 9.17) is 4.74 Å². The van der Waals surface area contributed by atoms with Crippen LogP contribution in [0, 0.1) is 6.92 Å². The van der Waals surface area contributed by atoms with Gasteiger partial charge in [-0.15, -0.1) is 11.3 Å². The van der Waals surface area contributed by atoms with E-state index in [2.05, 4.69) is 30.4 Å². The Labute approximate surface area is 180 Å². The fraction of sp³-hybridized carbons (Fsp3) is 0.250. The number of thiophene rings is 1. The van der Waals surface area contributed by atoms with Gasteiger partial charge in [0.15, 0.2) is 0 Å². The molecule has 1 saturated heterocycles. The number of nitrogens with one attached hydrogen (secondary N) is 1. The molecule has 154 valence electrons. The molecular formula is C24H24N2O3S. The molecule has 1 fully saturated rings. The number of carbonyl (C=O) groups excluding carboxylic acids is 2. The quantitative estimate of drug-likeness (QED) is 0.595. The van der Waals surface area contributed by atoms with Crippen molar-refractivity contribution in [1.29, 1.82) is 0 Å². The van der Waals surface area contributed by atoms with Crippen LogP contribution < -0.4 is 5.32 Å². The standard InChI is InChI=1S/C24H24N2O3S/c1-17-21(15-22(30-17)19-10-6-3-7-11-19)25-20-12-13-26(23(27)14-20)24(28)29-16-18-8-4-2-5-9-18/h2-11,15,20,25H,12-14,16H2,1H3. The van der Waals surface area contributed by atoms with Gasteiger partial charge in [-0.2, -0.15) is 0 Å². The van der Waals surface area contributed by atoms with E-state index in [1.54, 1.807) is 11.3 Å². The molecule has 4 rings (SSSR count). The minimum atomic E-state index is -0.569. The van der Waals surface area contributed by atoms with E-state index in [1.807, 2.05) is 48.5 Å². The molecule has 1 aliphatic heterocycles. The number of amides is 2. The Morgan fingerprint density at radius 1 is 1.13 bits per heavy atom. The number of hydrogen-bond acceptors (Lipinski definition) is 5. The number of rotatable bonds is 5. The zero-order valence-corrected chi connectivity index (χ0v) is 17.7. The van der Waals surface area contributed by atoms with Gasteiger partial charge in [-0.25, -0.2) is 9.69 Å². The van der Waals surface area contributed by atoms with Gasteiger partial charge in [0.2, 0.25) is 5.91 Å². The average molecular weight is 421 g/mol. The fourth-order valence-corrected chi connectivity index (χ4v) is 4.52. The first-order chi connectivity index (χ1) is 14.6. The van der Waals surface area contributed by atoms with Crippen LogP contribution in [0.2, 0.25) is 0 Å². The molecule has 1 atom stereocenters. The van der Waals surface area contributed by atoms with Crippen LogP contribution in [0.3, 0.4) is 0 Å². The van der Waals surface area contributed by atoms with Gasteiger partial charge < -0.3 is 10.1 Å². The smallest absolute Gasteiger partial charge is 0.416 e. The zero-order chi connectivity index (χ0) is 20.9. The highest BCUT2D eigenvalue weighted by molar-refractivity contribution is 7.16. The first kappa shape index (κ1) is 20.2. The largest absolute Gasteiger partial charge is 0.444 e. The predicted molar refractivity (Wildman–Crippen MR) is 119 cm³/mol. The minimum absolute atomic E-state index is 0.00703. The molecule has 30 heavy (non-hydrogen) atoms. The summed E-state index contributed by atoms with van der Waals surface area (Å²) in [5.41, 5.74) is 3.14. The predicted octanol–water partition coefficient (Wildman–Crippen LogP) is 5.46. The summed E-state index contributed by atoms with van der Waals surface area (Å²) in [5.74, 6) is -0.201. The first-order valence-corrected chi connectivity index (χ1v) is 10.9. The van der Waals surface area contributed by atoms with E-state index in [-0.39, 0.29) is 25.0 Å². The van der Waals surface area contributed by atoms with Crippen LogP contribution in [0.25, 0.3) is 10.4 Å². The summed E-state index contributed by atoms with van der Waals surface area (Å²) < 4.78 is 5.31. The Bertz CT molecular complexity index is 1020. The summed E-state index contributed by atoms with van der Waals surface area (Å²) in [5, 5.41) is 3.50. The third kappa shape index (κ3) is 4.71. The molecule has 0 saturated carbocycles. The number of likely N-dealkylation sites (tertiary alicyclic amines) is 1. The number of carbonyl (C=O) groups is 2. The maximum atomic E-state index is 12.5. The molecule has 6 heteroatoms. The number of anilines is 1. The number of imide groups is 1. The Morgan fingerprint density at radius 3 is 2.53 bits per heavy atom. The molecular weight excluding hydrogens is 396 g/mol. The van der Waals surface area contributed by atoms with E-state index in [0.29, 0.717) is 13.0 Å². The molecule has 1 aliphatic rings. The average Bonchev–Trinajstić information content (AvgIpc) is 3.14. The van der Waals surface area contributed by atoms with Gasteiger partial charge in [-0.1, -0.05) is 60.7 Å². The second-order valence-corrected chi connectivity index (χ2v) is 8.62. The van der Waals surface area contributed by atoms with Gasteiger partial charge in [0.1, 0.15) is 6.61 Å². The summed E-state index contributed by atoms with van der Waals surface area (Å²) in [6, 6.07) is 21.9. The number of benzene rings is 2. The van der Waals surface area contributed by atoms with E-state index in [9.17, 15) is 9.59 Å². The molecule has 0 spiro atoms. The van der Waals surface area contributed by atoms with Crippen molar-refractivity contribution in [2.75, 3.05) is 11.9 Å². The lowest BCUT2D eigenvalue weighted by Gasteiger charge is -2.30. The molecule has 1 unspecified atom stereocenters. The summed E-state index contributed by atoms with van der Waals surface area (Å²) in [6.07, 6.45) is 0.402. The van der Waals surface area contributed by atoms with Crippen LogP contribution in [0.15, 0.2) is 66.7 Å². The van der Waals surface area contributed by atoms with Crippen LogP contribution >= 0.6 is 11.3 Å². The van der Waals surface area contributed by atoms with Crippen LogP contribution in [0.5, 0.6) is 0 Å². The molecule has 1 N–H and O–H groups in total. The number of piperidine rings is 1. The Kier molecular flexibility index (Phi) is 6.14. The van der Waals surface area contributed by atoms with Crippen molar-refractivity contribution in [3.05, 3.63) is 77.2 Å². The van der Waals surface area contributed by atoms with Crippen molar-refractivity contribution in [3.63, 3.8) is 0 Å². The molecule has 1 aromatic heterocycles. The van der Waals surface area contributed by atoms with Crippen LogP contribution in [-0.4, -0.2) is 29.5 Å². The highest BCUT2D eigenvalue weighted by atomic mass is 32.1. The van der Waals surface area contributed by atoms with Crippen LogP contribution in [0.4, 0.5) is 10.5 Å². The SMILES string of the molecule is Cc1sc(-c2ccccc2)cc1NC1CCN(C(=O)OCc2ccccc2)C(=O)C1. The Balaban J connectivity index is 1.33. The normalized spacial score (nSPS) is 16.4. The molecule has 2 heterocycles. The summed E-state index contributed by atoms with van der Waals surface area (Å²) in [6.45, 7) is 2.61. The van der Waals surface area contributed by atoms with Crippen molar-refractivity contribution in [2.45, 2.75) is 32.4 Å². The Hall–Kier alpha value is -3.12. The van der Waals surface area contributed by atoms with Gasteiger partial charge in [0, 0.05) is 34.4 Å². The molecule has 3 aromatic rings. The van der Waals surface area contributed by atoms with Gasteiger partial charge in [-0.3, -0.25) is 4.79 Å². The summed E-state index contributed by atoms with van der Waals surface area (Å²) in [4.78, 5) is 28.5. The van der Waals surface area contributed by atoms with Crippen molar-refractivity contribution in [2.24, 2.45) is 0 Å². The molecule has 0 aliphatic carbocycles. The van der Waals surface area contributed by atoms with Gasteiger partial charge in [-0.05, 0) is 30.5 Å². The number of hydrogen-bond donors (Lipinski definition) is 1. The molecule has 5 nitrogen and oxygen atoms in total. The maximum Gasteiger partial charge on any atom is 0.416 e. The van der Waals surface area contributed by atoms with Crippen LogP contribution in [-0.2, 0) is 16.1 Å². The lowest BCUT2D eigenvalue weighted by molar-refractivity contribution is -0.131. The molecule has 2 aromatic carbocycles.